The highest BCUT2D eigenvalue weighted by Gasteiger charge is 2.21. The zero-order valence-corrected chi connectivity index (χ0v) is 14.4. The van der Waals surface area contributed by atoms with Crippen molar-refractivity contribution in [2.45, 2.75) is 6.54 Å². The minimum atomic E-state index is -0.0595. The Morgan fingerprint density at radius 1 is 1.16 bits per heavy atom. The van der Waals surface area contributed by atoms with Crippen molar-refractivity contribution in [1.82, 2.24) is 14.8 Å². The van der Waals surface area contributed by atoms with Crippen LogP contribution in [0.4, 0.5) is 5.82 Å². The molecule has 1 aliphatic heterocycles. The average Bonchev–Trinajstić information content (AvgIpc) is 2.67. The Hall–Kier alpha value is -2.60. The first-order chi connectivity index (χ1) is 12.2. The van der Waals surface area contributed by atoms with E-state index >= 15 is 0 Å². The van der Waals surface area contributed by atoms with Gasteiger partial charge >= 0.3 is 0 Å². The summed E-state index contributed by atoms with van der Waals surface area (Å²) in [6.45, 7) is 2.79. The smallest absolute Gasteiger partial charge is 0.255 e. The van der Waals surface area contributed by atoms with Crippen LogP contribution in [0.15, 0.2) is 42.6 Å². The molecule has 1 N–H and O–H groups in total. The van der Waals surface area contributed by atoms with Crippen molar-refractivity contribution >= 4 is 29.7 Å². The number of hydrogen-bond acceptors (Lipinski definition) is 4. The predicted octanol–water partition coefficient (Wildman–Crippen LogP) is 2.26. The molecule has 3 rings (SSSR count). The molecule has 2 amide bonds. The second-order valence-corrected chi connectivity index (χ2v) is 6.22. The molecule has 1 aromatic heterocycles. The molecule has 1 fully saturated rings. The number of nitrogens with one attached hydrogen (secondary N) is 1. The molecule has 7 heteroatoms. The highest BCUT2D eigenvalue weighted by molar-refractivity contribution is 6.31. The van der Waals surface area contributed by atoms with Gasteiger partial charge in [0.2, 0.25) is 6.41 Å². The number of carbonyl (C=O) groups excluding carboxylic acids is 2. The molecule has 1 aliphatic rings. The molecule has 0 aliphatic carbocycles. The van der Waals surface area contributed by atoms with Gasteiger partial charge in [-0.1, -0.05) is 29.8 Å². The van der Waals surface area contributed by atoms with Crippen LogP contribution < -0.4 is 5.32 Å². The second-order valence-electron chi connectivity index (χ2n) is 5.81. The van der Waals surface area contributed by atoms with E-state index in [0.29, 0.717) is 49.1 Å². The Morgan fingerprint density at radius 3 is 2.56 bits per heavy atom. The number of benzene rings is 1. The van der Waals surface area contributed by atoms with Gasteiger partial charge in [0.05, 0.1) is 5.56 Å². The molecule has 0 bridgehead atoms. The van der Waals surface area contributed by atoms with Crippen molar-refractivity contribution in [3.05, 3.63) is 58.7 Å². The third-order valence-electron chi connectivity index (χ3n) is 4.18. The summed E-state index contributed by atoms with van der Waals surface area (Å²) in [5.74, 6) is 0.623. The topological polar surface area (TPSA) is 65.5 Å². The summed E-state index contributed by atoms with van der Waals surface area (Å²) in [6, 6.07) is 11.2. The van der Waals surface area contributed by atoms with Crippen LogP contribution in [0.2, 0.25) is 5.02 Å². The van der Waals surface area contributed by atoms with Crippen molar-refractivity contribution in [2.75, 3.05) is 31.5 Å². The van der Waals surface area contributed by atoms with Crippen LogP contribution in [-0.4, -0.2) is 53.3 Å². The standard InChI is InChI=1S/C18H19ClN4O2/c19-16-4-2-1-3-14(16)11-20-17-6-5-15(12-21-17)18(25)23-9-7-22(13-24)8-10-23/h1-6,12-13H,7-11H2,(H,20,21). The number of rotatable bonds is 5. The van der Waals surface area contributed by atoms with E-state index in [1.54, 1.807) is 28.1 Å². The largest absolute Gasteiger partial charge is 0.366 e. The molecule has 2 heterocycles. The lowest BCUT2D eigenvalue weighted by molar-refractivity contribution is -0.119. The number of carbonyl (C=O) groups is 2. The summed E-state index contributed by atoms with van der Waals surface area (Å²) in [5.41, 5.74) is 1.53. The summed E-state index contributed by atoms with van der Waals surface area (Å²) in [4.78, 5) is 30.9. The van der Waals surface area contributed by atoms with Crippen molar-refractivity contribution < 1.29 is 9.59 Å². The van der Waals surface area contributed by atoms with Crippen molar-refractivity contribution in [3.8, 4) is 0 Å². The summed E-state index contributed by atoms with van der Waals surface area (Å²) < 4.78 is 0. The van der Waals surface area contributed by atoms with E-state index in [4.69, 9.17) is 11.6 Å². The summed E-state index contributed by atoms with van der Waals surface area (Å²) in [5, 5.41) is 3.90. The molecule has 25 heavy (non-hydrogen) atoms. The third-order valence-corrected chi connectivity index (χ3v) is 4.55. The van der Waals surface area contributed by atoms with Crippen molar-refractivity contribution in [2.24, 2.45) is 0 Å². The number of nitrogens with zero attached hydrogens (tertiary/aromatic N) is 3. The summed E-state index contributed by atoms with van der Waals surface area (Å²) in [6.07, 6.45) is 2.40. The lowest BCUT2D eigenvalue weighted by atomic mass is 10.2. The maximum atomic E-state index is 12.5. The molecule has 2 aromatic rings. The van der Waals surface area contributed by atoms with E-state index in [9.17, 15) is 9.59 Å². The fourth-order valence-corrected chi connectivity index (χ4v) is 2.87. The van der Waals surface area contributed by atoms with E-state index in [1.807, 2.05) is 24.3 Å². The highest BCUT2D eigenvalue weighted by Crippen LogP contribution is 2.16. The van der Waals surface area contributed by atoms with Crippen molar-refractivity contribution in [1.29, 1.82) is 0 Å². The minimum absolute atomic E-state index is 0.0595. The molecule has 1 saturated heterocycles. The van der Waals surface area contributed by atoms with Crippen LogP contribution in [0.1, 0.15) is 15.9 Å². The molecular weight excluding hydrogens is 340 g/mol. The zero-order valence-electron chi connectivity index (χ0n) is 13.7. The van der Waals surface area contributed by atoms with Gasteiger partial charge in [-0.05, 0) is 23.8 Å². The fourth-order valence-electron chi connectivity index (χ4n) is 2.67. The van der Waals surface area contributed by atoms with Gasteiger partial charge in [-0.25, -0.2) is 4.98 Å². The zero-order chi connectivity index (χ0) is 17.6. The predicted molar refractivity (Wildman–Crippen MR) is 96.6 cm³/mol. The van der Waals surface area contributed by atoms with Gasteiger partial charge < -0.3 is 15.1 Å². The molecule has 0 radical (unpaired) electrons. The van der Waals surface area contributed by atoms with Gasteiger partial charge in [0.25, 0.3) is 5.91 Å². The first-order valence-electron chi connectivity index (χ1n) is 8.09. The molecule has 0 unspecified atom stereocenters. The van der Waals surface area contributed by atoms with Gasteiger partial charge in [-0.3, -0.25) is 9.59 Å². The Kier molecular flexibility index (Phi) is 5.50. The molecule has 0 spiro atoms. The van der Waals surface area contributed by atoms with E-state index in [2.05, 4.69) is 10.3 Å². The number of hydrogen-bond donors (Lipinski definition) is 1. The second kappa shape index (κ2) is 7.98. The number of piperazine rings is 1. The van der Waals surface area contributed by atoms with E-state index in [1.165, 1.54) is 0 Å². The third kappa shape index (κ3) is 4.28. The van der Waals surface area contributed by atoms with Crippen LogP contribution >= 0.6 is 11.6 Å². The van der Waals surface area contributed by atoms with Crippen LogP contribution in [0.3, 0.4) is 0 Å². The van der Waals surface area contributed by atoms with Crippen LogP contribution in [0.5, 0.6) is 0 Å². The lowest BCUT2D eigenvalue weighted by Gasteiger charge is -2.32. The number of halogens is 1. The molecule has 0 saturated carbocycles. The number of pyridine rings is 1. The molecule has 6 nitrogen and oxygen atoms in total. The van der Waals surface area contributed by atoms with E-state index < -0.39 is 0 Å². The van der Waals surface area contributed by atoms with Gasteiger partial charge in [-0.2, -0.15) is 0 Å². The maximum absolute atomic E-state index is 12.5. The van der Waals surface area contributed by atoms with Crippen LogP contribution in [0, 0.1) is 0 Å². The Labute approximate surface area is 151 Å². The Morgan fingerprint density at radius 2 is 1.92 bits per heavy atom. The van der Waals surface area contributed by atoms with E-state index in [-0.39, 0.29) is 5.91 Å². The quantitative estimate of drug-likeness (QED) is 0.833. The molecule has 130 valence electrons. The van der Waals surface area contributed by atoms with Gasteiger partial charge in [0.15, 0.2) is 0 Å². The van der Waals surface area contributed by atoms with Crippen molar-refractivity contribution in [3.63, 3.8) is 0 Å². The van der Waals surface area contributed by atoms with E-state index in [0.717, 1.165) is 12.0 Å². The maximum Gasteiger partial charge on any atom is 0.255 e. The first-order valence-corrected chi connectivity index (χ1v) is 8.47. The first kappa shape index (κ1) is 17.2. The Balaban J connectivity index is 1.57. The van der Waals surface area contributed by atoms with Gasteiger partial charge in [0.1, 0.15) is 5.82 Å². The fraction of sp³-hybridized carbons (Fsp3) is 0.278. The van der Waals surface area contributed by atoms with Gasteiger partial charge in [-0.15, -0.1) is 0 Å². The number of amides is 2. The SMILES string of the molecule is O=CN1CCN(C(=O)c2ccc(NCc3ccccc3Cl)nc2)CC1. The average molecular weight is 359 g/mol. The van der Waals surface area contributed by atoms with Crippen LogP contribution in [-0.2, 0) is 11.3 Å². The molecular formula is C18H19ClN4O2. The Bertz CT molecular complexity index is 743. The summed E-state index contributed by atoms with van der Waals surface area (Å²) in [7, 11) is 0. The molecule has 0 atom stereocenters. The number of aromatic nitrogens is 1. The van der Waals surface area contributed by atoms with Crippen LogP contribution in [0.25, 0.3) is 0 Å². The molecule has 1 aromatic carbocycles. The highest BCUT2D eigenvalue weighted by atomic mass is 35.5. The lowest BCUT2D eigenvalue weighted by Crippen LogP contribution is -2.48. The number of anilines is 1. The van der Waals surface area contributed by atoms with Gasteiger partial charge in [0, 0.05) is 43.9 Å². The monoisotopic (exact) mass is 358 g/mol. The normalized spacial score (nSPS) is 14.3. The summed E-state index contributed by atoms with van der Waals surface area (Å²) >= 11 is 6.13. The minimum Gasteiger partial charge on any atom is -0.366 e.